The maximum absolute atomic E-state index is 11.3. The lowest BCUT2D eigenvalue weighted by molar-refractivity contribution is 0.0597. The van der Waals surface area contributed by atoms with Gasteiger partial charge in [0, 0.05) is 0 Å². The maximum atomic E-state index is 11.3. The molecule has 0 unspecified atom stereocenters. The van der Waals surface area contributed by atoms with Crippen molar-refractivity contribution in [1.29, 1.82) is 0 Å². The summed E-state index contributed by atoms with van der Waals surface area (Å²) in [6.45, 7) is 1.68. The second kappa shape index (κ2) is 4.59. The quantitative estimate of drug-likeness (QED) is 0.692. The Morgan fingerprint density at radius 1 is 1.00 bits per heavy atom. The van der Waals surface area contributed by atoms with Crippen molar-refractivity contribution in [3.05, 3.63) is 34.9 Å². The van der Waals surface area contributed by atoms with E-state index in [0.29, 0.717) is 16.7 Å². The summed E-state index contributed by atoms with van der Waals surface area (Å²) in [7, 11) is 2.60. The molecular formula is C11H12O4. The molecule has 1 rings (SSSR count). The monoisotopic (exact) mass is 208 g/mol. The first kappa shape index (κ1) is 11.2. The van der Waals surface area contributed by atoms with Crippen LogP contribution in [-0.4, -0.2) is 26.2 Å². The minimum atomic E-state index is -0.460. The number of benzene rings is 1. The molecule has 0 atom stereocenters. The van der Waals surface area contributed by atoms with E-state index in [-0.39, 0.29) is 0 Å². The van der Waals surface area contributed by atoms with Crippen LogP contribution in [-0.2, 0) is 9.47 Å². The minimum absolute atomic E-state index is 0.375. The average Bonchev–Trinajstić information content (AvgIpc) is 2.27. The summed E-state index contributed by atoms with van der Waals surface area (Å²) in [5, 5.41) is 0. The van der Waals surface area contributed by atoms with Gasteiger partial charge in [0.1, 0.15) is 0 Å². The average molecular weight is 208 g/mol. The lowest BCUT2D eigenvalue weighted by atomic mass is 10.0. The highest BCUT2D eigenvalue weighted by atomic mass is 16.5. The molecule has 0 saturated carbocycles. The first-order valence-corrected chi connectivity index (χ1v) is 4.38. The summed E-state index contributed by atoms with van der Waals surface area (Å²) < 4.78 is 9.19. The fraction of sp³-hybridized carbons (Fsp3) is 0.273. The van der Waals surface area contributed by atoms with Crippen LogP contribution in [0.15, 0.2) is 18.2 Å². The largest absolute Gasteiger partial charge is 0.465 e. The summed E-state index contributed by atoms with van der Waals surface area (Å²) in [6, 6.07) is 4.83. The fourth-order valence-corrected chi connectivity index (χ4v) is 1.30. The summed E-state index contributed by atoms with van der Waals surface area (Å²) >= 11 is 0. The molecule has 4 nitrogen and oxygen atoms in total. The third-order valence-corrected chi connectivity index (χ3v) is 2.14. The van der Waals surface area contributed by atoms with Crippen LogP contribution < -0.4 is 0 Å². The Balaban J connectivity index is 3.23. The van der Waals surface area contributed by atoms with E-state index in [1.165, 1.54) is 14.2 Å². The molecule has 0 amide bonds. The minimum Gasteiger partial charge on any atom is -0.465 e. The van der Waals surface area contributed by atoms with Gasteiger partial charge < -0.3 is 9.47 Å². The fourth-order valence-electron chi connectivity index (χ4n) is 1.30. The van der Waals surface area contributed by atoms with E-state index in [9.17, 15) is 9.59 Å². The first-order valence-electron chi connectivity index (χ1n) is 4.38. The number of carbonyl (C=O) groups is 2. The molecule has 15 heavy (non-hydrogen) atoms. The number of rotatable bonds is 2. The molecule has 0 N–H and O–H groups in total. The molecule has 1 aromatic carbocycles. The third-order valence-electron chi connectivity index (χ3n) is 2.14. The lowest BCUT2D eigenvalue weighted by Crippen LogP contribution is -2.10. The van der Waals surface area contributed by atoms with Crippen molar-refractivity contribution in [3.63, 3.8) is 0 Å². The Morgan fingerprint density at radius 3 is 1.73 bits per heavy atom. The van der Waals surface area contributed by atoms with Gasteiger partial charge in [0.25, 0.3) is 0 Å². The number of hydrogen-bond donors (Lipinski definition) is 0. The molecule has 80 valence electrons. The lowest BCUT2D eigenvalue weighted by Gasteiger charge is -2.07. The molecule has 0 bridgehead atoms. The van der Waals surface area contributed by atoms with Crippen molar-refractivity contribution < 1.29 is 19.1 Å². The smallest absolute Gasteiger partial charge is 0.338 e. The van der Waals surface area contributed by atoms with Gasteiger partial charge in [0.15, 0.2) is 0 Å². The second-order valence-corrected chi connectivity index (χ2v) is 2.96. The van der Waals surface area contributed by atoms with Crippen LogP contribution in [0.5, 0.6) is 0 Å². The molecule has 0 heterocycles. The molecular weight excluding hydrogens is 196 g/mol. The third kappa shape index (κ3) is 2.15. The molecule has 4 heteroatoms. The van der Waals surface area contributed by atoms with Gasteiger partial charge in [-0.25, -0.2) is 9.59 Å². The van der Waals surface area contributed by atoms with Crippen molar-refractivity contribution in [2.24, 2.45) is 0 Å². The highest BCUT2D eigenvalue weighted by Crippen LogP contribution is 2.15. The summed E-state index contributed by atoms with van der Waals surface area (Å²) in [6.07, 6.45) is 0. The summed E-state index contributed by atoms with van der Waals surface area (Å²) in [4.78, 5) is 22.6. The van der Waals surface area contributed by atoms with E-state index in [1.54, 1.807) is 25.1 Å². The van der Waals surface area contributed by atoms with E-state index < -0.39 is 11.9 Å². The van der Waals surface area contributed by atoms with Crippen LogP contribution in [0, 0.1) is 6.92 Å². The van der Waals surface area contributed by atoms with Gasteiger partial charge in [-0.1, -0.05) is 6.07 Å². The van der Waals surface area contributed by atoms with Gasteiger partial charge in [-0.05, 0) is 24.6 Å². The Kier molecular flexibility index (Phi) is 3.44. The Hall–Kier alpha value is -1.84. The van der Waals surface area contributed by atoms with Crippen LogP contribution in [0.25, 0.3) is 0 Å². The number of carbonyl (C=O) groups excluding carboxylic acids is 2. The van der Waals surface area contributed by atoms with Gasteiger partial charge >= 0.3 is 11.9 Å². The van der Waals surface area contributed by atoms with Gasteiger partial charge in [0.05, 0.1) is 25.3 Å². The highest BCUT2D eigenvalue weighted by Gasteiger charge is 2.16. The maximum Gasteiger partial charge on any atom is 0.338 e. The van der Waals surface area contributed by atoms with E-state index in [2.05, 4.69) is 9.47 Å². The van der Waals surface area contributed by atoms with Crippen molar-refractivity contribution >= 4 is 11.9 Å². The topological polar surface area (TPSA) is 52.6 Å². The molecule has 0 aliphatic rings. The molecule has 0 fully saturated rings. The van der Waals surface area contributed by atoms with Crippen molar-refractivity contribution in [2.75, 3.05) is 14.2 Å². The van der Waals surface area contributed by atoms with Crippen molar-refractivity contribution in [3.8, 4) is 0 Å². The molecule has 0 saturated heterocycles. The van der Waals surface area contributed by atoms with Crippen molar-refractivity contribution in [2.45, 2.75) is 6.92 Å². The molecule has 1 aromatic rings. The number of esters is 2. The normalized spacial score (nSPS) is 9.53. The standard InChI is InChI=1S/C11H12O4/c1-7-8(10(12)14-2)5-4-6-9(7)11(13)15-3/h4-6H,1-3H3. The van der Waals surface area contributed by atoms with Crippen LogP contribution in [0.2, 0.25) is 0 Å². The molecule has 0 aliphatic carbocycles. The SMILES string of the molecule is COC(=O)c1cccc(C(=O)OC)c1C. The van der Waals surface area contributed by atoms with E-state index in [0.717, 1.165) is 0 Å². The summed E-state index contributed by atoms with van der Waals surface area (Å²) in [5.74, 6) is -0.920. The first-order chi connectivity index (χ1) is 7.11. The van der Waals surface area contributed by atoms with Gasteiger partial charge in [-0.3, -0.25) is 0 Å². The van der Waals surface area contributed by atoms with Gasteiger partial charge in [-0.2, -0.15) is 0 Å². The van der Waals surface area contributed by atoms with Crippen LogP contribution in [0.4, 0.5) is 0 Å². The molecule has 0 spiro atoms. The zero-order valence-electron chi connectivity index (χ0n) is 8.87. The van der Waals surface area contributed by atoms with Gasteiger partial charge in [-0.15, -0.1) is 0 Å². The zero-order chi connectivity index (χ0) is 11.4. The molecule has 0 aromatic heterocycles. The van der Waals surface area contributed by atoms with E-state index in [1.807, 2.05) is 0 Å². The van der Waals surface area contributed by atoms with Crippen LogP contribution in [0.3, 0.4) is 0 Å². The van der Waals surface area contributed by atoms with Crippen LogP contribution >= 0.6 is 0 Å². The second-order valence-electron chi connectivity index (χ2n) is 2.96. The molecule has 0 radical (unpaired) electrons. The Labute approximate surface area is 87.8 Å². The zero-order valence-corrected chi connectivity index (χ0v) is 8.87. The number of ether oxygens (including phenoxy) is 2. The summed E-state index contributed by atoms with van der Waals surface area (Å²) in [5.41, 5.74) is 1.32. The Bertz CT molecular complexity index is 361. The van der Waals surface area contributed by atoms with E-state index >= 15 is 0 Å². The Morgan fingerprint density at radius 2 is 1.40 bits per heavy atom. The van der Waals surface area contributed by atoms with Gasteiger partial charge in [0.2, 0.25) is 0 Å². The molecule has 0 aliphatic heterocycles. The van der Waals surface area contributed by atoms with Crippen molar-refractivity contribution in [1.82, 2.24) is 0 Å². The predicted octanol–water partition coefficient (Wildman–Crippen LogP) is 1.57. The highest BCUT2D eigenvalue weighted by molar-refractivity contribution is 5.97. The van der Waals surface area contributed by atoms with E-state index in [4.69, 9.17) is 0 Å². The number of methoxy groups -OCH3 is 2. The number of hydrogen-bond acceptors (Lipinski definition) is 4. The predicted molar refractivity (Wildman–Crippen MR) is 53.9 cm³/mol. The van der Waals surface area contributed by atoms with Crippen LogP contribution in [0.1, 0.15) is 26.3 Å².